The predicted octanol–water partition coefficient (Wildman–Crippen LogP) is 5.10. The average molecular weight is 321 g/mol. The fraction of sp³-hybridized carbons (Fsp3) is 0.100. The van der Waals surface area contributed by atoms with Crippen LogP contribution in [-0.2, 0) is 0 Å². The van der Waals surface area contributed by atoms with Crippen molar-refractivity contribution < 1.29 is 9.84 Å². The van der Waals surface area contributed by atoms with Gasteiger partial charge in [-0.2, -0.15) is 0 Å². The van der Waals surface area contributed by atoms with E-state index in [9.17, 15) is 0 Å². The fourth-order valence-electron chi connectivity index (χ4n) is 2.94. The molecule has 2 nitrogen and oxygen atoms in total. The lowest BCUT2D eigenvalue weighted by Crippen LogP contribution is -2.00. The van der Waals surface area contributed by atoms with Crippen molar-refractivity contribution >= 4 is 30.6 Å². The molecule has 3 heteroatoms. The van der Waals surface area contributed by atoms with Gasteiger partial charge in [-0.1, -0.05) is 24.3 Å². The van der Waals surface area contributed by atoms with Crippen LogP contribution in [0.5, 0.6) is 5.75 Å². The highest BCUT2D eigenvalue weighted by atomic mass is 32.2. The number of aliphatic hydroxyl groups is 1. The van der Waals surface area contributed by atoms with Crippen molar-refractivity contribution in [3.8, 4) is 10.6 Å². The molecule has 23 heavy (non-hydrogen) atoms. The molecule has 0 radical (unpaired) electrons. The van der Waals surface area contributed by atoms with Crippen molar-refractivity contribution in [2.24, 2.45) is 0 Å². The molecule has 1 N–H and O–H groups in total. The Morgan fingerprint density at radius 3 is 1.87 bits per heavy atom. The van der Waals surface area contributed by atoms with E-state index in [0.29, 0.717) is 6.61 Å². The highest BCUT2D eigenvalue weighted by molar-refractivity contribution is 7.50. The third-order valence-corrected chi connectivity index (χ3v) is 6.26. The minimum atomic E-state index is -0.0595. The molecule has 0 atom stereocenters. The van der Waals surface area contributed by atoms with Gasteiger partial charge in [-0.15, -0.1) is 0 Å². The molecule has 4 aromatic rings. The summed E-state index contributed by atoms with van der Waals surface area (Å²) in [6.07, 6.45) is 0. The van der Waals surface area contributed by atoms with Gasteiger partial charge in [-0.3, -0.25) is 0 Å². The molecule has 0 aliphatic carbocycles. The number of thiophene rings is 1. The second-order valence-corrected chi connectivity index (χ2v) is 7.31. The summed E-state index contributed by atoms with van der Waals surface area (Å²) in [6, 6.07) is 25.6. The molecule has 4 rings (SSSR count). The summed E-state index contributed by atoms with van der Waals surface area (Å²) in [7, 11) is -0.0595. The lowest BCUT2D eigenvalue weighted by molar-refractivity contribution is 0.201. The molecule has 0 fully saturated rings. The molecule has 0 aliphatic rings. The zero-order valence-electron chi connectivity index (χ0n) is 12.6. The van der Waals surface area contributed by atoms with Gasteiger partial charge < -0.3 is 9.84 Å². The quantitative estimate of drug-likeness (QED) is 0.530. The Morgan fingerprint density at radius 2 is 1.30 bits per heavy atom. The van der Waals surface area contributed by atoms with E-state index in [4.69, 9.17) is 9.84 Å². The average Bonchev–Trinajstić information content (AvgIpc) is 2.95. The first-order chi connectivity index (χ1) is 11.4. The van der Waals surface area contributed by atoms with Crippen LogP contribution in [0.2, 0.25) is 0 Å². The van der Waals surface area contributed by atoms with E-state index < -0.39 is 0 Å². The fourth-order valence-corrected chi connectivity index (χ4v) is 5.32. The number of hydrogen-bond donors (Lipinski definition) is 1. The molecule has 0 aliphatic heterocycles. The van der Waals surface area contributed by atoms with Crippen LogP contribution in [0.3, 0.4) is 0 Å². The second-order valence-electron chi connectivity index (χ2n) is 5.34. The maximum absolute atomic E-state index is 8.85. The number of fused-ring (bicyclic) bond motifs is 3. The minimum Gasteiger partial charge on any atom is -0.491 e. The van der Waals surface area contributed by atoms with Gasteiger partial charge >= 0.3 is 0 Å². The van der Waals surface area contributed by atoms with Gasteiger partial charge in [-0.25, -0.2) is 0 Å². The lowest BCUT2D eigenvalue weighted by atomic mass is 10.2. The first-order valence-electron chi connectivity index (χ1n) is 7.65. The van der Waals surface area contributed by atoms with Gasteiger partial charge in [0.1, 0.15) is 12.4 Å². The summed E-state index contributed by atoms with van der Waals surface area (Å²) >= 11 is 0. The van der Waals surface area contributed by atoms with E-state index in [1.165, 1.54) is 25.1 Å². The zero-order valence-corrected chi connectivity index (χ0v) is 13.4. The van der Waals surface area contributed by atoms with Crippen molar-refractivity contribution in [1.29, 1.82) is 0 Å². The number of rotatable bonds is 4. The van der Waals surface area contributed by atoms with E-state index in [-0.39, 0.29) is 17.1 Å². The van der Waals surface area contributed by atoms with Crippen LogP contribution in [0.1, 0.15) is 0 Å². The Morgan fingerprint density at radius 1 is 0.739 bits per heavy atom. The predicted molar refractivity (Wildman–Crippen MR) is 97.9 cm³/mol. The second kappa shape index (κ2) is 6.03. The molecule has 1 aromatic heterocycles. The maximum atomic E-state index is 8.85. The van der Waals surface area contributed by atoms with Crippen LogP contribution < -0.4 is 4.74 Å². The van der Waals surface area contributed by atoms with Crippen molar-refractivity contribution in [3.05, 3.63) is 72.8 Å². The van der Waals surface area contributed by atoms with Crippen LogP contribution in [0.4, 0.5) is 0 Å². The number of aliphatic hydroxyl groups excluding tert-OH is 1. The molecule has 0 saturated heterocycles. The van der Waals surface area contributed by atoms with Crippen molar-refractivity contribution in [1.82, 2.24) is 0 Å². The molecule has 0 spiro atoms. The smallest absolute Gasteiger partial charge is 0.187 e. The first-order valence-corrected chi connectivity index (χ1v) is 8.87. The largest absolute Gasteiger partial charge is 0.491 e. The topological polar surface area (TPSA) is 29.5 Å². The van der Waals surface area contributed by atoms with Gasteiger partial charge in [-0.05, 0) is 36.4 Å². The maximum Gasteiger partial charge on any atom is 0.187 e. The van der Waals surface area contributed by atoms with Gasteiger partial charge in [0.2, 0.25) is 0 Å². The third-order valence-electron chi connectivity index (χ3n) is 3.92. The monoisotopic (exact) mass is 321 g/mol. The van der Waals surface area contributed by atoms with Gasteiger partial charge in [0.05, 0.1) is 6.61 Å². The molecular weight excluding hydrogens is 304 g/mol. The molecular formula is C20H17O2S+. The molecule has 0 amide bonds. The normalized spacial score (nSPS) is 11.2. The van der Waals surface area contributed by atoms with Crippen molar-refractivity contribution in [2.75, 3.05) is 13.2 Å². The Labute approximate surface area is 137 Å². The molecule has 1 heterocycles. The first kappa shape index (κ1) is 14.2. The third kappa shape index (κ3) is 2.48. The van der Waals surface area contributed by atoms with Crippen LogP contribution in [0.25, 0.3) is 25.1 Å². The SMILES string of the molecule is OCCOc1ccc(-[s+]2c3ccccc3c3ccccc32)cc1. The number of hydrogen-bond acceptors (Lipinski definition) is 2. The van der Waals surface area contributed by atoms with E-state index in [2.05, 4.69) is 60.7 Å². The van der Waals surface area contributed by atoms with E-state index in [0.717, 1.165) is 5.75 Å². The van der Waals surface area contributed by atoms with Gasteiger partial charge in [0.25, 0.3) is 0 Å². The van der Waals surface area contributed by atoms with E-state index in [1.807, 2.05) is 12.1 Å². The van der Waals surface area contributed by atoms with Crippen molar-refractivity contribution in [2.45, 2.75) is 0 Å². The summed E-state index contributed by atoms with van der Waals surface area (Å²) < 4.78 is 8.24. The standard InChI is InChI=1S/C20H17O2S/c21-13-14-22-15-9-11-16(12-10-15)23-19-7-3-1-5-17(19)18-6-2-4-8-20(18)23/h1-12,21H,13-14H2/q+1. The molecule has 114 valence electrons. The lowest BCUT2D eigenvalue weighted by Gasteiger charge is -2.03. The van der Waals surface area contributed by atoms with Crippen molar-refractivity contribution in [3.63, 3.8) is 0 Å². The van der Waals surface area contributed by atoms with Crippen LogP contribution in [-0.4, -0.2) is 18.3 Å². The summed E-state index contributed by atoms with van der Waals surface area (Å²) in [5.74, 6) is 0.798. The molecule has 3 aromatic carbocycles. The zero-order chi connectivity index (χ0) is 15.6. The molecule has 0 saturated carbocycles. The van der Waals surface area contributed by atoms with E-state index >= 15 is 0 Å². The van der Waals surface area contributed by atoms with Crippen LogP contribution in [0.15, 0.2) is 72.8 Å². The molecule has 0 bridgehead atoms. The minimum absolute atomic E-state index is 0.0346. The van der Waals surface area contributed by atoms with Gasteiger partial charge in [0.15, 0.2) is 14.3 Å². The summed E-state index contributed by atoms with van der Waals surface area (Å²) in [6.45, 7) is 0.365. The Hall–Kier alpha value is -2.36. The summed E-state index contributed by atoms with van der Waals surface area (Å²) in [5, 5.41) is 11.5. The highest BCUT2D eigenvalue weighted by Crippen LogP contribution is 2.48. The Balaban J connectivity index is 1.90. The van der Waals surface area contributed by atoms with Crippen LogP contribution >= 0.6 is 10.5 Å². The Kier molecular flexibility index (Phi) is 3.74. The number of benzene rings is 3. The summed E-state index contributed by atoms with van der Waals surface area (Å²) in [5.41, 5.74) is 0. The van der Waals surface area contributed by atoms with Gasteiger partial charge in [0, 0.05) is 33.4 Å². The van der Waals surface area contributed by atoms with E-state index in [1.54, 1.807) is 0 Å². The molecule has 0 unspecified atom stereocenters. The number of ether oxygens (including phenoxy) is 1. The highest BCUT2D eigenvalue weighted by Gasteiger charge is 2.22. The Bertz CT molecular complexity index is 901. The van der Waals surface area contributed by atoms with Crippen LogP contribution in [0, 0.1) is 0 Å². The summed E-state index contributed by atoms with van der Waals surface area (Å²) in [4.78, 5) is 1.29.